The SMILES string of the molecule is CCNC(=O)COc1cc(CCc2cc(C)on2)c(Cl)cn1. The van der Waals surface area contributed by atoms with E-state index in [0.717, 1.165) is 17.0 Å². The molecular formula is C15H18ClN3O3. The molecule has 22 heavy (non-hydrogen) atoms. The van der Waals surface area contributed by atoms with Crippen molar-refractivity contribution >= 4 is 17.5 Å². The Hall–Kier alpha value is -2.08. The third-order valence-corrected chi connectivity index (χ3v) is 3.30. The summed E-state index contributed by atoms with van der Waals surface area (Å²) in [6.07, 6.45) is 2.92. The van der Waals surface area contributed by atoms with Gasteiger partial charge in [-0.1, -0.05) is 16.8 Å². The topological polar surface area (TPSA) is 77.2 Å². The highest BCUT2D eigenvalue weighted by Gasteiger charge is 2.08. The van der Waals surface area contributed by atoms with E-state index in [1.54, 1.807) is 6.07 Å². The van der Waals surface area contributed by atoms with Gasteiger partial charge < -0.3 is 14.6 Å². The van der Waals surface area contributed by atoms with Crippen LogP contribution in [0.4, 0.5) is 0 Å². The maximum absolute atomic E-state index is 11.4. The second kappa shape index (κ2) is 7.79. The molecule has 0 bridgehead atoms. The summed E-state index contributed by atoms with van der Waals surface area (Å²) < 4.78 is 10.4. The van der Waals surface area contributed by atoms with Crippen molar-refractivity contribution in [2.75, 3.05) is 13.2 Å². The van der Waals surface area contributed by atoms with E-state index in [9.17, 15) is 4.79 Å². The second-order valence-electron chi connectivity index (χ2n) is 4.79. The van der Waals surface area contributed by atoms with E-state index in [1.807, 2.05) is 19.9 Å². The van der Waals surface area contributed by atoms with Crippen molar-refractivity contribution in [3.8, 4) is 5.88 Å². The first-order valence-electron chi connectivity index (χ1n) is 7.04. The van der Waals surface area contributed by atoms with Gasteiger partial charge in [0.2, 0.25) is 5.88 Å². The minimum atomic E-state index is -0.182. The van der Waals surface area contributed by atoms with Crippen LogP contribution in [0.25, 0.3) is 0 Å². The number of nitrogens with zero attached hydrogens (tertiary/aromatic N) is 2. The Morgan fingerprint density at radius 1 is 1.41 bits per heavy atom. The Balaban J connectivity index is 1.95. The molecule has 6 nitrogen and oxygen atoms in total. The number of nitrogens with one attached hydrogen (secondary N) is 1. The first-order valence-corrected chi connectivity index (χ1v) is 7.42. The highest BCUT2D eigenvalue weighted by Crippen LogP contribution is 2.21. The number of carbonyl (C=O) groups excluding carboxylic acids is 1. The highest BCUT2D eigenvalue weighted by molar-refractivity contribution is 6.31. The van der Waals surface area contributed by atoms with Crippen LogP contribution in [-0.2, 0) is 17.6 Å². The molecule has 2 aromatic rings. The Morgan fingerprint density at radius 3 is 2.91 bits per heavy atom. The number of carbonyl (C=O) groups is 1. The molecule has 2 heterocycles. The lowest BCUT2D eigenvalue weighted by molar-refractivity contribution is -0.123. The van der Waals surface area contributed by atoms with Gasteiger partial charge in [-0.25, -0.2) is 4.98 Å². The quantitative estimate of drug-likeness (QED) is 0.846. The van der Waals surface area contributed by atoms with Crippen LogP contribution in [0.5, 0.6) is 5.88 Å². The first kappa shape index (κ1) is 16.3. The van der Waals surface area contributed by atoms with Crippen LogP contribution in [0, 0.1) is 6.92 Å². The lowest BCUT2D eigenvalue weighted by Gasteiger charge is -2.08. The lowest BCUT2D eigenvalue weighted by Crippen LogP contribution is -2.28. The maximum atomic E-state index is 11.4. The molecule has 0 aromatic carbocycles. The van der Waals surface area contributed by atoms with Gasteiger partial charge in [0.15, 0.2) is 6.61 Å². The summed E-state index contributed by atoms with van der Waals surface area (Å²) in [7, 11) is 0. The number of rotatable bonds is 7. The summed E-state index contributed by atoms with van der Waals surface area (Å²) in [5.74, 6) is 0.975. The van der Waals surface area contributed by atoms with Crippen LogP contribution in [-0.4, -0.2) is 29.2 Å². The number of aromatic nitrogens is 2. The Labute approximate surface area is 133 Å². The molecule has 2 rings (SSSR count). The van der Waals surface area contributed by atoms with Gasteiger partial charge in [0.1, 0.15) is 5.76 Å². The number of likely N-dealkylation sites (N-methyl/N-ethyl adjacent to an activating group) is 1. The molecule has 1 N–H and O–H groups in total. The molecule has 0 fully saturated rings. The van der Waals surface area contributed by atoms with Crippen molar-refractivity contribution in [1.82, 2.24) is 15.5 Å². The summed E-state index contributed by atoms with van der Waals surface area (Å²) >= 11 is 6.14. The molecule has 7 heteroatoms. The minimum absolute atomic E-state index is 0.0651. The van der Waals surface area contributed by atoms with E-state index in [2.05, 4.69) is 15.5 Å². The molecule has 0 aliphatic carbocycles. The van der Waals surface area contributed by atoms with Gasteiger partial charge in [-0.3, -0.25) is 4.79 Å². The fourth-order valence-electron chi connectivity index (χ4n) is 1.92. The summed E-state index contributed by atoms with van der Waals surface area (Å²) in [6, 6.07) is 3.64. The fraction of sp³-hybridized carbons (Fsp3) is 0.400. The predicted molar refractivity (Wildman–Crippen MR) is 82.1 cm³/mol. The third-order valence-electron chi connectivity index (χ3n) is 2.96. The summed E-state index contributed by atoms with van der Waals surface area (Å²) in [5.41, 5.74) is 1.76. The summed E-state index contributed by atoms with van der Waals surface area (Å²) in [4.78, 5) is 15.4. The van der Waals surface area contributed by atoms with Crippen LogP contribution < -0.4 is 10.1 Å². The summed E-state index contributed by atoms with van der Waals surface area (Å²) in [5, 5.41) is 7.16. The smallest absolute Gasteiger partial charge is 0.257 e. The molecule has 0 radical (unpaired) electrons. The largest absolute Gasteiger partial charge is 0.468 e. The van der Waals surface area contributed by atoms with Crippen LogP contribution >= 0.6 is 11.6 Å². The van der Waals surface area contributed by atoms with Crippen molar-refractivity contribution in [2.45, 2.75) is 26.7 Å². The minimum Gasteiger partial charge on any atom is -0.468 e. The normalized spacial score (nSPS) is 10.5. The van der Waals surface area contributed by atoms with Gasteiger partial charge in [0.05, 0.1) is 10.7 Å². The van der Waals surface area contributed by atoms with Crippen molar-refractivity contribution in [1.29, 1.82) is 0 Å². The summed E-state index contributed by atoms with van der Waals surface area (Å²) in [6.45, 7) is 4.20. The fourth-order valence-corrected chi connectivity index (χ4v) is 2.11. The van der Waals surface area contributed by atoms with Gasteiger partial charge in [0.25, 0.3) is 5.91 Å². The van der Waals surface area contributed by atoms with E-state index in [-0.39, 0.29) is 12.5 Å². The lowest BCUT2D eigenvalue weighted by atomic mass is 10.1. The van der Waals surface area contributed by atoms with E-state index >= 15 is 0 Å². The molecule has 0 spiro atoms. The van der Waals surface area contributed by atoms with Crippen LogP contribution in [0.2, 0.25) is 5.02 Å². The monoisotopic (exact) mass is 323 g/mol. The standard InChI is InChI=1S/C15H18ClN3O3/c1-3-17-14(20)9-21-15-7-11(13(16)8-18-15)4-5-12-6-10(2)22-19-12/h6-8H,3-5,9H2,1-2H3,(H,17,20). The molecule has 0 saturated carbocycles. The number of pyridine rings is 1. The molecule has 0 aliphatic heterocycles. The van der Waals surface area contributed by atoms with E-state index in [0.29, 0.717) is 30.3 Å². The molecule has 0 unspecified atom stereocenters. The molecule has 2 aromatic heterocycles. The number of hydrogen-bond acceptors (Lipinski definition) is 5. The Bertz CT molecular complexity index is 643. The van der Waals surface area contributed by atoms with Gasteiger partial charge in [-0.05, 0) is 32.3 Å². The second-order valence-corrected chi connectivity index (χ2v) is 5.19. The van der Waals surface area contributed by atoms with Crippen molar-refractivity contribution < 1.29 is 14.1 Å². The van der Waals surface area contributed by atoms with Crippen LogP contribution in [0.1, 0.15) is 23.9 Å². The average molecular weight is 324 g/mol. The molecule has 118 valence electrons. The Morgan fingerprint density at radius 2 is 2.23 bits per heavy atom. The van der Waals surface area contributed by atoms with Gasteiger partial charge >= 0.3 is 0 Å². The Kier molecular flexibility index (Phi) is 5.77. The van der Waals surface area contributed by atoms with Gasteiger partial charge in [-0.15, -0.1) is 0 Å². The van der Waals surface area contributed by atoms with E-state index in [4.69, 9.17) is 20.9 Å². The molecule has 0 saturated heterocycles. The van der Waals surface area contributed by atoms with E-state index in [1.165, 1.54) is 6.20 Å². The molecule has 0 aliphatic rings. The van der Waals surface area contributed by atoms with Crippen LogP contribution in [0.15, 0.2) is 22.9 Å². The zero-order valence-corrected chi connectivity index (χ0v) is 13.3. The predicted octanol–water partition coefficient (Wildman–Crippen LogP) is 2.33. The van der Waals surface area contributed by atoms with Crippen molar-refractivity contribution in [2.24, 2.45) is 0 Å². The molecule has 0 atom stereocenters. The first-order chi connectivity index (χ1) is 10.6. The van der Waals surface area contributed by atoms with Crippen molar-refractivity contribution in [3.63, 3.8) is 0 Å². The maximum Gasteiger partial charge on any atom is 0.257 e. The van der Waals surface area contributed by atoms with Gasteiger partial charge in [-0.2, -0.15) is 0 Å². The number of aryl methyl sites for hydroxylation is 3. The third kappa shape index (κ3) is 4.73. The zero-order chi connectivity index (χ0) is 15.9. The highest BCUT2D eigenvalue weighted by atomic mass is 35.5. The molecule has 1 amide bonds. The average Bonchev–Trinajstić information content (AvgIpc) is 2.91. The van der Waals surface area contributed by atoms with Crippen molar-refractivity contribution in [3.05, 3.63) is 40.4 Å². The number of hydrogen-bond donors (Lipinski definition) is 1. The number of ether oxygens (including phenoxy) is 1. The zero-order valence-electron chi connectivity index (χ0n) is 12.6. The van der Waals surface area contributed by atoms with Gasteiger partial charge in [0, 0.05) is 24.9 Å². The number of halogens is 1. The van der Waals surface area contributed by atoms with E-state index < -0.39 is 0 Å². The number of amides is 1. The molecular weight excluding hydrogens is 306 g/mol. The van der Waals surface area contributed by atoms with Crippen LogP contribution in [0.3, 0.4) is 0 Å².